The number of hydrogen-bond donors (Lipinski definition) is 7. The van der Waals surface area contributed by atoms with Crippen molar-refractivity contribution >= 4 is 17.1 Å². The van der Waals surface area contributed by atoms with Crippen molar-refractivity contribution in [2.75, 3.05) is 24.3 Å². The largest absolute Gasteiger partial charge is 0.506 e. The summed E-state index contributed by atoms with van der Waals surface area (Å²) in [5.74, 6) is 0.840. The predicted octanol–water partition coefficient (Wildman–Crippen LogP) is 2.73. The van der Waals surface area contributed by atoms with Crippen molar-refractivity contribution in [1.82, 2.24) is 0 Å². The Kier molecular flexibility index (Phi) is 8.94. The molecule has 0 radical (unpaired) electrons. The zero-order valence-corrected chi connectivity index (χ0v) is 16.3. The zero-order chi connectivity index (χ0) is 22.0. The van der Waals surface area contributed by atoms with Crippen molar-refractivity contribution in [2.24, 2.45) is 0 Å². The second-order valence-corrected chi connectivity index (χ2v) is 6.04. The van der Waals surface area contributed by atoms with Gasteiger partial charge in [0.2, 0.25) is 0 Å². The minimum absolute atomic E-state index is 0.0200. The van der Waals surface area contributed by atoms with Crippen LogP contribution in [0.3, 0.4) is 0 Å². The Morgan fingerprint density at radius 1 is 0.724 bits per heavy atom. The smallest absolute Gasteiger partial charge is 0.142 e. The number of phenolic OH excluding ortho intramolecular Hbond substituents is 3. The van der Waals surface area contributed by atoms with Gasteiger partial charge in [0, 0.05) is 6.07 Å². The highest BCUT2D eigenvalue weighted by atomic mass is 16.5. The number of nitrogens with two attached hydrogens (primary N) is 3. The van der Waals surface area contributed by atoms with Crippen molar-refractivity contribution in [1.29, 1.82) is 0 Å². The Morgan fingerprint density at radius 3 is 1.62 bits per heavy atom. The molecule has 3 aromatic rings. The lowest BCUT2D eigenvalue weighted by molar-refractivity contribution is 0.281. The second-order valence-electron chi connectivity index (χ2n) is 6.04. The lowest BCUT2D eigenvalue weighted by Gasteiger charge is -2.01. The number of phenols is 3. The lowest BCUT2D eigenvalue weighted by atomic mass is 10.2. The number of ether oxygens (including phenoxy) is 1. The van der Waals surface area contributed by atoms with E-state index in [1.165, 1.54) is 19.2 Å². The van der Waals surface area contributed by atoms with Gasteiger partial charge in [-0.05, 0) is 54.4 Å². The lowest BCUT2D eigenvalue weighted by Crippen LogP contribution is -1.87. The highest BCUT2D eigenvalue weighted by Crippen LogP contribution is 2.24. The van der Waals surface area contributed by atoms with Gasteiger partial charge in [0.25, 0.3) is 0 Å². The zero-order valence-electron chi connectivity index (χ0n) is 16.3. The number of benzene rings is 3. The maximum Gasteiger partial charge on any atom is 0.142 e. The Hall–Kier alpha value is -3.78. The molecule has 0 spiro atoms. The Morgan fingerprint density at radius 2 is 1.21 bits per heavy atom. The van der Waals surface area contributed by atoms with E-state index in [1.54, 1.807) is 36.4 Å². The van der Waals surface area contributed by atoms with Crippen LogP contribution in [0.2, 0.25) is 0 Å². The minimum Gasteiger partial charge on any atom is -0.506 e. The number of aromatic hydroxyl groups is 3. The highest BCUT2D eigenvalue weighted by Gasteiger charge is 1.97. The van der Waals surface area contributed by atoms with Crippen LogP contribution in [0, 0.1) is 6.92 Å². The summed E-state index contributed by atoms with van der Waals surface area (Å²) < 4.78 is 4.83. The molecule has 3 aromatic carbocycles. The van der Waals surface area contributed by atoms with Crippen LogP contribution in [0.5, 0.6) is 23.0 Å². The van der Waals surface area contributed by atoms with Gasteiger partial charge < -0.3 is 42.4 Å². The normalized spacial score (nSPS) is 9.48. The number of anilines is 3. The number of aryl methyl sites for hydroxylation is 1. The fraction of sp³-hybridized carbons (Fsp3) is 0.143. The third kappa shape index (κ3) is 7.77. The standard InChI is InChI=1S/2C7H9NO2.C7H9NO/c1-10-5-2-3-6(8)7(9)4-5;8-6-2-1-5(4-9)3-7(6)10;1-5-2-3-6(8)7(9)4-5/h2-4,9H,8H2,1H3;1-3,9-10H,4,8H2;2-4,9H,8H2,1H3. The molecule has 0 fully saturated rings. The molecule has 8 nitrogen and oxygen atoms in total. The van der Waals surface area contributed by atoms with E-state index < -0.39 is 0 Å². The Balaban J connectivity index is 0.000000218. The van der Waals surface area contributed by atoms with E-state index in [4.69, 9.17) is 42.4 Å². The molecule has 0 bridgehead atoms. The molecule has 29 heavy (non-hydrogen) atoms. The second kappa shape index (κ2) is 11.2. The molecule has 0 aromatic heterocycles. The number of methoxy groups -OCH3 is 1. The number of nitrogen functional groups attached to an aromatic ring is 3. The van der Waals surface area contributed by atoms with Gasteiger partial charge in [0.15, 0.2) is 0 Å². The van der Waals surface area contributed by atoms with Gasteiger partial charge in [-0.2, -0.15) is 0 Å². The molecule has 0 unspecified atom stereocenters. The van der Waals surface area contributed by atoms with Crippen molar-refractivity contribution in [3.8, 4) is 23.0 Å². The third-order valence-corrected chi connectivity index (χ3v) is 3.70. The summed E-state index contributed by atoms with van der Waals surface area (Å²) in [6.45, 7) is 1.83. The summed E-state index contributed by atoms with van der Waals surface area (Å²) in [6, 6.07) is 14.6. The molecule has 8 heteroatoms. The molecule has 0 amide bonds. The van der Waals surface area contributed by atoms with E-state index in [1.807, 2.05) is 13.0 Å². The first kappa shape index (κ1) is 23.3. The van der Waals surface area contributed by atoms with Crippen molar-refractivity contribution in [3.63, 3.8) is 0 Å². The average molecular weight is 401 g/mol. The van der Waals surface area contributed by atoms with Gasteiger partial charge in [-0.1, -0.05) is 12.1 Å². The summed E-state index contributed by atoms with van der Waals surface area (Å²) in [6.07, 6.45) is 0. The topological polar surface area (TPSA) is 168 Å². The predicted molar refractivity (Wildman–Crippen MR) is 115 cm³/mol. The quantitative estimate of drug-likeness (QED) is 0.254. The first-order chi connectivity index (χ1) is 13.7. The molecule has 0 atom stereocenters. The molecular formula is C21H27N3O5. The molecule has 0 heterocycles. The maximum atomic E-state index is 9.03. The van der Waals surface area contributed by atoms with Gasteiger partial charge in [-0.15, -0.1) is 0 Å². The molecule has 0 saturated carbocycles. The number of aliphatic hydroxyl groups excluding tert-OH is 1. The minimum atomic E-state index is -0.0756. The van der Waals surface area contributed by atoms with Crippen LogP contribution >= 0.6 is 0 Å². The molecule has 10 N–H and O–H groups in total. The number of hydrogen-bond acceptors (Lipinski definition) is 8. The Labute approximate surface area is 169 Å². The van der Waals surface area contributed by atoms with Crippen molar-refractivity contribution < 1.29 is 25.2 Å². The monoisotopic (exact) mass is 401 g/mol. The van der Waals surface area contributed by atoms with E-state index >= 15 is 0 Å². The fourth-order valence-electron chi connectivity index (χ4n) is 1.99. The first-order valence-electron chi connectivity index (χ1n) is 8.53. The maximum absolute atomic E-state index is 9.03. The molecule has 0 saturated heterocycles. The van der Waals surface area contributed by atoms with Gasteiger partial charge in [-0.3, -0.25) is 0 Å². The van der Waals surface area contributed by atoms with Crippen LogP contribution < -0.4 is 21.9 Å². The van der Waals surface area contributed by atoms with Crippen molar-refractivity contribution in [2.45, 2.75) is 13.5 Å². The first-order valence-corrected chi connectivity index (χ1v) is 8.53. The van der Waals surface area contributed by atoms with Crippen LogP contribution in [0.1, 0.15) is 11.1 Å². The van der Waals surface area contributed by atoms with Gasteiger partial charge in [0.1, 0.15) is 23.0 Å². The van der Waals surface area contributed by atoms with Gasteiger partial charge in [0.05, 0.1) is 30.8 Å². The van der Waals surface area contributed by atoms with Gasteiger partial charge >= 0.3 is 0 Å². The molecule has 0 aliphatic rings. The Bertz CT molecular complexity index is 881. The van der Waals surface area contributed by atoms with E-state index in [-0.39, 0.29) is 23.9 Å². The average Bonchev–Trinajstić information content (AvgIpc) is 2.70. The summed E-state index contributed by atoms with van der Waals surface area (Å²) in [7, 11) is 1.53. The van der Waals surface area contributed by atoms with E-state index in [0.717, 1.165) is 5.56 Å². The van der Waals surface area contributed by atoms with E-state index in [9.17, 15) is 0 Å². The molecular weight excluding hydrogens is 374 g/mol. The van der Waals surface area contributed by atoms with Crippen LogP contribution in [0.15, 0.2) is 54.6 Å². The fourth-order valence-corrected chi connectivity index (χ4v) is 1.99. The van der Waals surface area contributed by atoms with Crippen LogP contribution in [-0.4, -0.2) is 27.5 Å². The van der Waals surface area contributed by atoms with Crippen LogP contribution in [0.4, 0.5) is 17.1 Å². The molecule has 0 aliphatic heterocycles. The highest BCUT2D eigenvalue weighted by molar-refractivity contribution is 5.55. The summed E-state index contributed by atoms with van der Waals surface area (Å²) in [4.78, 5) is 0. The third-order valence-electron chi connectivity index (χ3n) is 3.70. The van der Waals surface area contributed by atoms with Gasteiger partial charge in [-0.25, -0.2) is 0 Å². The molecule has 0 aliphatic carbocycles. The van der Waals surface area contributed by atoms with Crippen LogP contribution in [0.25, 0.3) is 0 Å². The molecule has 156 valence electrons. The summed E-state index contributed by atoms with van der Waals surface area (Å²) >= 11 is 0. The van der Waals surface area contributed by atoms with Crippen molar-refractivity contribution in [3.05, 3.63) is 65.7 Å². The van der Waals surface area contributed by atoms with Crippen LogP contribution in [-0.2, 0) is 6.61 Å². The molecule has 3 rings (SSSR count). The summed E-state index contributed by atoms with van der Waals surface area (Å²) in [5.41, 5.74) is 18.8. The number of aliphatic hydroxyl groups is 1. The number of rotatable bonds is 2. The van der Waals surface area contributed by atoms with E-state index in [0.29, 0.717) is 28.4 Å². The van der Waals surface area contributed by atoms with E-state index in [2.05, 4.69) is 0 Å². The SMILES string of the molecule is COc1ccc(N)c(O)c1.Cc1ccc(N)c(O)c1.Nc1ccc(CO)cc1O. The summed E-state index contributed by atoms with van der Waals surface area (Å²) in [5, 5.41) is 35.6.